The Morgan fingerprint density at radius 2 is 2.21 bits per heavy atom. The second kappa shape index (κ2) is 7.61. The minimum Gasteiger partial charge on any atom is -0.423 e. The zero-order valence-corrected chi connectivity index (χ0v) is 14.7. The molecule has 0 spiro atoms. The maximum absolute atomic E-state index is 12.9. The van der Waals surface area contributed by atoms with Crippen LogP contribution in [0.15, 0.2) is 4.42 Å². The number of carbonyl (C=O) groups is 1. The molecule has 2 heterocycles. The van der Waals surface area contributed by atoms with E-state index >= 15 is 0 Å². The van der Waals surface area contributed by atoms with Crippen molar-refractivity contribution < 1.29 is 18.7 Å². The van der Waals surface area contributed by atoms with Crippen molar-refractivity contribution >= 4 is 5.91 Å². The Balaban J connectivity index is 1.64. The highest BCUT2D eigenvalue weighted by Gasteiger charge is 2.36. The molecule has 7 nitrogen and oxygen atoms in total. The van der Waals surface area contributed by atoms with Crippen molar-refractivity contribution in [1.82, 2.24) is 15.1 Å². The van der Waals surface area contributed by atoms with Crippen molar-refractivity contribution in [2.45, 2.75) is 64.7 Å². The molecule has 0 aromatic carbocycles. The van der Waals surface area contributed by atoms with Crippen LogP contribution in [-0.4, -0.2) is 53.0 Å². The zero-order valence-electron chi connectivity index (χ0n) is 14.7. The third kappa shape index (κ3) is 3.95. The van der Waals surface area contributed by atoms with E-state index < -0.39 is 6.10 Å². The molecule has 1 saturated carbocycles. The van der Waals surface area contributed by atoms with Crippen LogP contribution in [0.5, 0.6) is 0 Å². The van der Waals surface area contributed by atoms with Gasteiger partial charge in [0.15, 0.2) is 0 Å². The molecule has 1 aromatic rings. The molecule has 134 valence electrons. The van der Waals surface area contributed by atoms with E-state index in [4.69, 9.17) is 13.9 Å². The van der Waals surface area contributed by atoms with E-state index in [9.17, 15) is 4.79 Å². The van der Waals surface area contributed by atoms with Crippen molar-refractivity contribution in [2.75, 3.05) is 19.8 Å². The fraction of sp³-hybridized carbons (Fsp3) is 0.824. The van der Waals surface area contributed by atoms with E-state index in [1.807, 2.05) is 6.92 Å². The van der Waals surface area contributed by atoms with Gasteiger partial charge in [-0.2, -0.15) is 0 Å². The summed E-state index contributed by atoms with van der Waals surface area (Å²) in [5.41, 5.74) is 0. The standard InChI is InChI=1S/C17H27N3O4/c1-11-5-4-6-14(9-11)23-12(2)17(21)20-7-8-22-10-15(20)16-19-18-13(3)24-16/h11-12,14-15H,4-10H2,1-3H3/t11-,12-,14-,15-/m0/s1. The summed E-state index contributed by atoms with van der Waals surface area (Å²) in [7, 11) is 0. The molecule has 1 saturated heterocycles. The van der Waals surface area contributed by atoms with Gasteiger partial charge >= 0.3 is 0 Å². The summed E-state index contributed by atoms with van der Waals surface area (Å²) in [6, 6.07) is -0.330. The summed E-state index contributed by atoms with van der Waals surface area (Å²) in [6.07, 6.45) is 4.21. The van der Waals surface area contributed by atoms with E-state index in [2.05, 4.69) is 17.1 Å². The molecular weight excluding hydrogens is 310 g/mol. The lowest BCUT2D eigenvalue weighted by atomic mass is 9.88. The molecule has 24 heavy (non-hydrogen) atoms. The van der Waals surface area contributed by atoms with E-state index in [0.717, 1.165) is 12.8 Å². The smallest absolute Gasteiger partial charge is 0.252 e. The molecule has 2 fully saturated rings. The fourth-order valence-corrected chi connectivity index (χ4v) is 3.60. The summed E-state index contributed by atoms with van der Waals surface area (Å²) < 4.78 is 17.1. The van der Waals surface area contributed by atoms with Crippen molar-refractivity contribution in [2.24, 2.45) is 5.92 Å². The summed E-state index contributed by atoms with van der Waals surface area (Å²) in [5.74, 6) is 1.56. The molecule has 1 aromatic heterocycles. The van der Waals surface area contributed by atoms with Crippen LogP contribution < -0.4 is 0 Å². The largest absolute Gasteiger partial charge is 0.423 e. The molecule has 2 aliphatic rings. The van der Waals surface area contributed by atoms with Gasteiger partial charge in [-0.15, -0.1) is 10.2 Å². The van der Waals surface area contributed by atoms with Gasteiger partial charge in [-0.25, -0.2) is 0 Å². The highest BCUT2D eigenvalue weighted by Crippen LogP contribution is 2.28. The van der Waals surface area contributed by atoms with Gasteiger partial charge in [-0.1, -0.05) is 19.8 Å². The fourth-order valence-electron chi connectivity index (χ4n) is 3.60. The Kier molecular flexibility index (Phi) is 5.50. The Morgan fingerprint density at radius 3 is 2.92 bits per heavy atom. The topological polar surface area (TPSA) is 77.7 Å². The minimum atomic E-state index is -0.468. The number of nitrogens with zero attached hydrogens (tertiary/aromatic N) is 3. The first-order valence-corrected chi connectivity index (χ1v) is 8.88. The molecule has 7 heteroatoms. The van der Waals surface area contributed by atoms with Crippen LogP contribution in [0.4, 0.5) is 0 Å². The highest BCUT2D eigenvalue weighted by atomic mass is 16.5. The lowest BCUT2D eigenvalue weighted by Gasteiger charge is -2.36. The molecular formula is C17H27N3O4. The van der Waals surface area contributed by atoms with Crippen molar-refractivity contribution in [1.29, 1.82) is 0 Å². The molecule has 3 rings (SSSR count). The lowest BCUT2D eigenvalue weighted by Crippen LogP contribution is -2.48. The van der Waals surface area contributed by atoms with E-state index in [1.165, 1.54) is 12.8 Å². The lowest BCUT2D eigenvalue weighted by molar-refractivity contribution is -0.157. The number of hydrogen-bond acceptors (Lipinski definition) is 6. The number of hydrogen-bond donors (Lipinski definition) is 0. The quantitative estimate of drug-likeness (QED) is 0.839. The van der Waals surface area contributed by atoms with Crippen molar-refractivity contribution in [3.8, 4) is 0 Å². The molecule has 1 aliphatic carbocycles. The van der Waals surface area contributed by atoms with Gasteiger partial charge in [-0.3, -0.25) is 4.79 Å². The normalized spacial score (nSPS) is 29.5. The Labute approximate surface area is 142 Å². The van der Waals surface area contributed by atoms with Crippen LogP contribution in [0.2, 0.25) is 0 Å². The second-order valence-electron chi connectivity index (χ2n) is 6.95. The first-order chi connectivity index (χ1) is 11.5. The van der Waals surface area contributed by atoms with Crippen molar-refractivity contribution in [3.05, 3.63) is 11.8 Å². The summed E-state index contributed by atoms with van der Waals surface area (Å²) in [5, 5.41) is 7.92. The maximum atomic E-state index is 12.9. The third-order valence-electron chi connectivity index (χ3n) is 4.87. The average Bonchev–Trinajstić information content (AvgIpc) is 3.00. The molecule has 0 bridgehead atoms. The minimum absolute atomic E-state index is 0.0302. The van der Waals surface area contributed by atoms with E-state index in [1.54, 1.807) is 11.8 Å². The Morgan fingerprint density at radius 1 is 1.38 bits per heavy atom. The van der Waals surface area contributed by atoms with Gasteiger partial charge < -0.3 is 18.8 Å². The number of rotatable bonds is 4. The first kappa shape index (κ1) is 17.4. The van der Waals surface area contributed by atoms with Crippen molar-refractivity contribution in [3.63, 3.8) is 0 Å². The third-order valence-corrected chi connectivity index (χ3v) is 4.87. The predicted molar refractivity (Wildman–Crippen MR) is 86.3 cm³/mol. The van der Waals surface area contributed by atoms with Gasteiger partial charge in [0, 0.05) is 13.5 Å². The van der Waals surface area contributed by atoms with Gasteiger partial charge in [0.1, 0.15) is 12.1 Å². The monoisotopic (exact) mass is 337 g/mol. The molecule has 4 atom stereocenters. The van der Waals surface area contributed by atoms with Crippen LogP contribution in [0.25, 0.3) is 0 Å². The number of morpholine rings is 1. The van der Waals surface area contributed by atoms with Crippen LogP contribution in [0.1, 0.15) is 57.4 Å². The van der Waals surface area contributed by atoms with Gasteiger partial charge in [-0.05, 0) is 25.7 Å². The number of aromatic nitrogens is 2. The molecule has 0 N–H and O–H groups in total. The van der Waals surface area contributed by atoms with Gasteiger partial charge in [0.05, 0.1) is 19.3 Å². The number of carbonyl (C=O) groups excluding carboxylic acids is 1. The van der Waals surface area contributed by atoms with Gasteiger partial charge in [0.2, 0.25) is 11.8 Å². The van der Waals surface area contributed by atoms with Crippen LogP contribution in [0.3, 0.4) is 0 Å². The number of aryl methyl sites for hydroxylation is 1. The van der Waals surface area contributed by atoms with Crippen LogP contribution in [0, 0.1) is 12.8 Å². The maximum Gasteiger partial charge on any atom is 0.252 e. The molecule has 1 aliphatic heterocycles. The first-order valence-electron chi connectivity index (χ1n) is 8.88. The number of amides is 1. The van der Waals surface area contributed by atoms with E-state index in [-0.39, 0.29) is 18.1 Å². The van der Waals surface area contributed by atoms with Crippen LogP contribution in [-0.2, 0) is 14.3 Å². The SMILES string of the molecule is Cc1nnc([C@@H]2COCCN2C(=O)[C@H](C)O[C@H]2CCC[C@H](C)C2)o1. The van der Waals surface area contributed by atoms with E-state index in [0.29, 0.717) is 37.5 Å². The molecule has 1 amide bonds. The second-order valence-corrected chi connectivity index (χ2v) is 6.95. The zero-order chi connectivity index (χ0) is 17.1. The molecule has 0 radical (unpaired) electrons. The average molecular weight is 337 g/mol. The predicted octanol–water partition coefficient (Wildman–Crippen LogP) is 2.26. The Bertz CT molecular complexity index is 562. The summed E-state index contributed by atoms with van der Waals surface area (Å²) >= 11 is 0. The van der Waals surface area contributed by atoms with Gasteiger partial charge in [0.25, 0.3) is 5.91 Å². The Hall–Kier alpha value is -1.47. The summed E-state index contributed by atoms with van der Waals surface area (Å²) in [4.78, 5) is 14.7. The van der Waals surface area contributed by atoms with Crippen LogP contribution >= 0.6 is 0 Å². The highest BCUT2D eigenvalue weighted by molar-refractivity contribution is 5.81. The number of ether oxygens (including phenoxy) is 2. The molecule has 0 unspecified atom stereocenters. The summed E-state index contributed by atoms with van der Waals surface area (Å²) in [6.45, 7) is 7.23.